The highest BCUT2D eigenvalue weighted by Crippen LogP contribution is 2.30. The van der Waals surface area contributed by atoms with Gasteiger partial charge in [-0.2, -0.15) is 0 Å². The normalized spacial score (nSPS) is 29.2. The summed E-state index contributed by atoms with van der Waals surface area (Å²) >= 11 is 0. The van der Waals surface area contributed by atoms with Crippen molar-refractivity contribution in [2.75, 3.05) is 18.9 Å². The lowest BCUT2D eigenvalue weighted by Crippen LogP contribution is -2.41. The molecular weight excluding hydrogens is 244 g/mol. The molecule has 110 valence electrons. The smallest absolute Gasteiger partial charge is 0.0429 e. The molecule has 3 rings (SSSR count). The summed E-state index contributed by atoms with van der Waals surface area (Å²) in [7, 11) is 2.32. The summed E-state index contributed by atoms with van der Waals surface area (Å²) in [6.07, 6.45) is 8.22. The van der Waals surface area contributed by atoms with Gasteiger partial charge in [0, 0.05) is 24.3 Å². The quantitative estimate of drug-likeness (QED) is 0.893. The fourth-order valence-corrected chi connectivity index (χ4v) is 3.98. The van der Waals surface area contributed by atoms with E-state index in [0.717, 1.165) is 12.0 Å². The standard InChI is InChI=1S/C18H28N2/c1-3-14-8-10-17(11-9-14)20(2)13-16-12-15-6-4-5-7-18(15)19-16/h4-7,14,16-17,19H,3,8-13H2,1-2H3. The minimum atomic E-state index is 0.598. The molecule has 1 unspecified atom stereocenters. The van der Waals surface area contributed by atoms with Gasteiger partial charge in [-0.3, -0.25) is 0 Å². The lowest BCUT2D eigenvalue weighted by Gasteiger charge is -2.35. The Hall–Kier alpha value is -1.02. The van der Waals surface area contributed by atoms with E-state index in [2.05, 4.69) is 48.5 Å². The van der Waals surface area contributed by atoms with Crippen LogP contribution in [0.3, 0.4) is 0 Å². The molecule has 0 radical (unpaired) electrons. The first-order valence-electron chi connectivity index (χ1n) is 8.31. The maximum absolute atomic E-state index is 3.68. The molecular formula is C18H28N2. The van der Waals surface area contributed by atoms with Crippen LogP contribution in [0.4, 0.5) is 5.69 Å². The van der Waals surface area contributed by atoms with Crippen molar-refractivity contribution in [2.24, 2.45) is 5.92 Å². The highest BCUT2D eigenvalue weighted by Gasteiger charge is 2.26. The van der Waals surface area contributed by atoms with Gasteiger partial charge in [-0.05, 0) is 56.7 Å². The third-order valence-corrected chi connectivity index (χ3v) is 5.37. The van der Waals surface area contributed by atoms with Gasteiger partial charge in [0.25, 0.3) is 0 Å². The molecule has 1 heterocycles. The minimum Gasteiger partial charge on any atom is -0.380 e. The number of anilines is 1. The van der Waals surface area contributed by atoms with Crippen molar-refractivity contribution in [1.29, 1.82) is 0 Å². The first-order chi connectivity index (χ1) is 9.76. The van der Waals surface area contributed by atoms with Gasteiger partial charge >= 0.3 is 0 Å². The lowest BCUT2D eigenvalue weighted by molar-refractivity contribution is 0.159. The van der Waals surface area contributed by atoms with Crippen molar-refractivity contribution in [3.8, 4) is 0 Å². The van der Waals surface area contributed by atoms with Crippen molar-refractivity contribution in [1.82, 2.24) is 4.90 Å². The first-order valence-corrected chi connectivity index (χ1v) is 8.31. The van der Waals surface area contributed by atoms with Gasteiger partial charge in [-0.25, -0.2) is 0 Å². The van der Waals surface area contributed by atoms with Gasteiger partial charge in [-0.15, -0.1) is 0 Å². The molecule has 2 heteroatoms. The SMILES string of the molecule is CCC1CCC(N(C)CC2Cc3ccccc3N2)CC1. The van der Waals surface area contributed by atoms with Crippen LogP contribution in [0, 0.1) is 5.92 Å². The number of fused-ring (bicyclic) bond motifs is 1. The van der Waals surface area contributed by atoms with Crippen LogP contribution in [0.25, 0.3) is 0 Å². The Morgan fingerprint density at radius 3 is 2.60 bits per heavy atom. The van der Waals surface area contributed by atoms with Crippen LogP contribution in [-0.4, -0.2) is 30.6 Å². The molecule has 1 aliphatic heterocycles. The molecule has 1 saturated carbocycles. The Kier molecular flexibility index (Phi) is 4.30. The van der Waals surface area contributed by atoms with Crippen LogP contribution in [0.2, 0.25) is 0 Å². The largest absolute Gasteiger partial charge is 0.380 e. The van der Waals surface area contributed by atoms with Gasteiger partial charge in [0.2, 0.25) is 0 Å². The molecule has 0 bridgehead atoms. The maximum atomic E-state index is 3.68. The van der Waals surface area contributed by atoms with E-state index in [1.54, 1.807) is 0 Å². The van der Waals surface area contributed by atoms with Gasteiger partial charge < -0.3 is 10.2 Å². The number of benzene rings is 1. The molecule has 0 saturated heterocycles. The lowest BCUT2D eigenvalue weighted by atomic mass is 9.84. The first kappa shape index (κ1) is 13.9. The highest BCUT2D eigenvalue weighted by atomic mass is 15.2. The summed E-state index contributed by atoms with van der Waals surface area (Å²) < 4.78 is 0. The van der Waals surface area contributed by atoms with E-state index in [4.69, 9.17) is 0 Å². The third kappa shape index (κ3) is 3.01. The summed E-state index contributed by atoms with van der Waals surface area (Å²) in [5, 5.41) is 3.68. The molecule has 0 amide bonds. The molecule has 0 aromatic heterocycles. The van der Waals surface area contributed by atoms with E-state index in [1.807, 2.05) is 0 Å². The zero-order chi connectivity index (χ0) is 13.9. The molecule has 1 N–H and O–H groups in total. The van der Waals surface area contributed by atoms with E-state index in [9.17, 15) is 0 Å². The van der Waals surface area contributed by atoms with Crippen LogP contribution in [0.5, 0.6) is 0 Å². The fourth-order valence-electron chi connectivity index (χ4n) is 3.98. The van der Waals surface area contributed by atoms with Crippen LogP contribution >= 0.6 is 0 Å². The monoisotopic (exact) mass is 272 g/mol. The number of nitrogens with one attached hydrogen (secondary N) is 1. The minimum absolute atomic E-state index is 0.598. The Balaban J connectivity index is 1.50. The fraction of sp³-hybridized carbons (Fsp3) is 0.667. The van der Waals surface area contributed by atoms with Crippen LogP contribution in [0.15, 0.2) is 24.3 Å². The predicted octanol–water partition coefficient (Wildman–Crippen LogP) is 3.92. The zero-order valence-electron chi connectivity index (χ0n) is 12.9. The molecule has 0 spiro atoms. The molecule has 1 aromatic rings. The number of hydrogen-bond acceptors (Lipinski definition) is 2. The van der Waals surface area contributed by atoms with Crippen LogP contribution < -0.4 is 5.32 Å². The second-order valence-corrected chi connectivity index (χ2v) is 6.72. The number of rotatable bonds is 4. The topological polar surface area (TPSA) is 15.3 Å². The molecule has 20 heavy (non-hydrogen) atoms. The summed E-state index contributed by atoms with van der Waals surface area (Å²) in [5.41, 5.74) is 2.83. The van der Waals surface area contributed by atoms with E-state index < -0.39 is 0 Å². The van der Waals surface area contributed by atoms with E-state index >= 15 is 0 Å². The van der Waals surface area contributed by atoms with Crippen molar-refractivity contribution >= 4 is 5.69 Å². The average molecular weight is 272 g/mol. The Morgan fingerprint density at radius 2 is 1.90 bits per heavy atom. The van der Waals surface area contributed by atoms with Crippen molar-refractivity contribution in [2.45, 2.75) is 57.5 Å². The third-order valence-electron chi connectivity index (χ3n) is 5.37. The predicted molar refractivity (Wildman–Crippen MR) is 86.2 cm³/mol. The summed E-state index contributed by atoms with van der Waals surface area (Å²) in [5.74, 6) is 0.994. The Bertz CT molecular complexity index is 410. The second-order valence-electron chi connectivity index (χ2n) is 6.72. The van der Waals surface area contributed by atoms with Crippen LogP contribution in [-0.2, 0) is 6.42 Å². The summed E-state index contributed by atoms with van der Waals surface area (Å²) in [4.78, 5) is 2.61. The molecule has 1 atom stereocenters. The molecule has 2 nitrogen and oxygen atoms in total. The molecule has 1 aliphatic carbocycles. The number of hydrogen-bond donors (Lipinski definition) is 1. The Morgan fingerprint density at radius 1 is 1.15 bits per heavy atom. The highest BCUT2D eigenvalue weighted by molar-refractivity contribution is 5.56. The zero-order valence-corrected chi connectivity index (χ0v) is 12.9. The van der Waals surface area contributed by atoms with Gasteiger partial charge in [0.05, 0.1) is 0 Å². The number of nitrogens with zero attached hydrogens (tertiary/aromatic N) is 1. The van der Waals surface area contributed by atoms with E-state index in [0.29, 0.717) is 6.04 Å². The summed E-state index contributed by atoms with van der Waals surface area (Å²) in [6, 6.07) is 10.2. The van der Waals surface area contributed by atoms with E-state index in [-0.39, 0.29) is 0 Å². The summed E-state index contributed by atoms with van der Waals surface area (Å²) in [6.45, 7) is 3.52. The second kappa shape index (κ2) is 6.17. The molecule has 1 aromatic carbocycles. The van der Waals surface area contributed by atoms with Gasteiger partial charge in [0.15, 0.2) is 0 Å². The molecule has 1 fully saturated rings. The van der Waals surface area contributed by atoms with E-state index in [1.165, 1.54) is 56.3 Å². The van der Waals surface area contributed by atoms with Crippen molar-refractivity contribution in [3.05, 3.63) is 29.8 Å². The number of para-hydroxylation sites is 1. The van der Waals surface area contributed by atoms with Gasteiger partial charge in [0.1, 0.15) is 0 Å². The van der Waals surface area contributed by atoms with Crippen molar-refractivity contribution < 1.29 is 0 Å². The number of likely N-dealkylation sites (N-methyl/N-ethyl adjacent to an activating group) is 1. The van der Waals surface area contributed by atoms with Crippen LogP contribution in [0.1, 0.15) is 44.6 Å². The average Bonchev–Trinajstić information content (AvgIpc) is 2.89. The van der Waals surface area contributed by atoms with Crippen molar-refractivity contribution in [3.63, 3.8) is 0 Å². The molecule has 2 aliphatic rings. The maximum Gasteiger partial charge on any atom is 0.0429 e. The Labute approximate surface area is 123 Å². The van der Waals surface area contributed by atoms with Gasteiger partial charge in [-0.1, -0.05) is 31.5 Å².